The quantitative estimate of drug-likeness (QED) is 0.810. The molecule has 1 rings (SSSR count). The molecule has 0 spiro atoms. The van der Waals surface area contributed by atoms with Crippen molar-refractivity contribution in [3.05, 3.63) is 29.3 Å². The molecule has 0 amide bonds. The van der Waals surface area contributed by atoms with E-state index in [0.29, 0.717) is 13.1 Å². The van der Waals surface area contributed by atoms with E-state index in [-0.39, 0.29) is 0 Å². The summed E-state index contributed by atoms with van der Waals surface area (Å²) in [6, 6.07) is 6.08. The van der Waals surface area contributed by atoms with Crippen molar-refractivity contribution in [3.63, 3.8) is 0 Å². The van der Waals surface area contributed by atoms with Crippen LogP contribution >= 0.6 is 0 Å². The summed E-state index contributed by atoms with van der Waals surface area (Å²) < 4.78 is 0. The summed E-state index contributed by atoms with van der Waals surface area (Å²) in [6.07, 6.45) is 5.36. The van der Waals surface area contributed by atoms with Gasteiger partial charge in [-0.05, 0) is 25.5 Å². The summed E-state index contributed by atoms with van der Waals surface area (Å²) in [6.45, 7) is 6.57. The first kappa shape index (κ1) is 14.1. The first-order chi connectivity index (χ1) is 8.45. The molecule has 0 aliphatic heterocycles. The van der Waals surface area contributed by atoms with E-state index in [4.69, 9.17) is 11.5 Å². The Bertz CT molecular complexity index is 474. The van der Waals surface area contributed by atoms with Gasteiger partial charge in [0, 0.05) is 12.2 Å². The van der Waals surface area contributed by atoms with Crippen LogP contribution in [0.4, 0.5) is 5.69 Å². The minimum absolute atomic E-state index is 0.418. The second kappa shape index (κ2) is 6.11. The van der Waals surface area contributed by atoms with Crippen molar-refractivity contribution in [2.45, 2.75) is 20.8 Å². The standard InChI is InChI=1S/C15H19NO2/c1-5-8-16(10-13(4)15(17)18)14-7-6-11(2)9-12(14)3/h1,6-7,9,13H,8,10H2,2-4H3,(H,17,18). The minimum Gasteiger partial charge on any atom is -0.481 e. The van der Waals surface area contributed by atoms with Crippen LogP contribution in [0.25, 0.3) is 0 Å². The fraction of sp³-hybridized carbons (Fsp3) is 0.400. The largest absolute Gasteiger partial charge is 0.481 e. The Kier molecular flexibility index (Phi) is 4.79. The number of hydrogen-bond acceptors (Lipinski definition) is 2. The topological polar surface area (TPSA) is 40.5 Å². The van der Waals surface area contributed by atoms with Gasteiger partial charge in [-0.3, -0.25) is 4.79 Å². The molecule has 1 N–H and O–H groups in total. The lowest BCUT2D eigenvalue weighted by Gasteiger charge is -2.26. The smallest absolute Gasteiger partial charge is 0.308 e. The Labute approximate surface area is 108 Å². The van der Waals surface area contributed by atoms with Crippen LogP contribution in [0, 0.1) is 32.1 Å². The molecule has 0 bridgehead atoms. The third-order valence-corrected chi connectivity index (χ3v) is 2.89. The number of carbonyl (C=O) groups is 1. The highest BCUT2D eigenvalue weighted by Crippen LogP contribution is 2.22. The number of rotatable bonds is 5. The molecular weight excluding hydrogens is 226 g/mol. The first-order valence-electron chi connectivity index (χ1n) is 5.94. The van der Waals surface area contributed by atoms with Crippen molar-refractivity contribution in [1.82, 2.24) is 0 Å². The van der Waals surface area contributed by atoms with Crippen molar-refractivity contribution in [1.29, 1.82) is 0 Å². The summed E-state index contributed by atoms with van der Waals surface area (Å²) in [4.78, 5) is 12.9. The molecule has 0 fully saturated rings. The molecule has 0 aliphatic carbocycles. The van der Waals surface area contributed by atoms with E-state index >= 15 is 0 Å². The molecular formula is C15H19NO2. The SMILES string of the molecule is C#CCN(CC(C)C(=O)O)c1ccc(C)cc1C. The molecule has 0 radical (unpaired) electrons. The van der Waals surface area contributed by atoms with Crippen molar-refractivity contribution >= 4 is 11.7 Å². The molecule has 96 valence electrons. The van der Waals surface area contributed by atoms with Crippen LogP contribution in [0.5, 0.6) is 0 Å². The fourth-order valence-corrected chi connectivity index (χ4v) is 1.93. The molecule has 0 saturated heterocycles. The Balaban J connectivity index is 2.97. The van der Waals surface area contributed by atoms with E-state index in [1.165, 1.54) is 5.56 Å². The number of benzene rings is 1. The average Bonchev–Trinajstić information content (AvgIpc) is 2.28. The first-order valence-corrected chi connectivity index (χ1v) is 5.94. The van der Waals surface area contributed by atoms with Gasteiger partial charge in [0.2, 0.25) is 0 Å². The van der Waals surface area contributed by atoms with E-state index in [1.807, 2.05) is 30.9 Å². The number of carboxylic acid groups (broad SMARTS) is 1. The van der Waals surface area contributed by atoms with E-state index < -0.39 is 11.9 Å². The predicted molar refractivity (Wildman–Crippen MR) is 73.8 cm³/mol. The molecule has 3 heteroatoms. The molecule has 0 aromatic heterocycles. The zero-order valence-electron chi connectivity index (χ0n) is 11.1. The van der Waals surface area contributed by atoms with E-state index in [2.05, 4.69) is 12.0 Å². The van der Waals surface area contributed by atoms with E-state index in [0.717, 1.165) is 11.3 Å². The van der Waals surface area contributed by atoms with Gasteiger partial charge in [0.25, 0.3) is 0 Å². The van der Waals surface area contributed by atoms with Crippen molar-refractivity contribution in [2.24, 2.45) is 5.92 Å². The Morgan fingerprint density at radius 2 is 2.17 bits per heavy atom. The van der Waals surface area contributed by atoms with E-state index in [1.54, 1.807) is 6.92 Å². The number of aliphatic carboxylic acids is 1. The van der Waals surface area contributed by atoms with Gasteiger partial charge in [-0.1, -0.05) is 30.5 Å². The normalized spacial score (nSPS) is 11.7. The second-order valence-electron chi connectivity index (χ2n) is 4.61. The van der Waals surface area contributed by atoms with Crippen molar-refractivity contribution in [2.75, 3.05) is 18.0 Å². The average molecular weight is 245 g/mol. The molecule has 0 heterocycles. The Morgan fingerprint density at radius 1 is 1.50 bits per heavy atom. The highest BCUT2D eigenvalue weighted by molar-refractivity contribution is 5.70. The van der Waals surface area contributed by atoms with Crippen LogP contribution in [-0.4, -0.2) is 24.2 Å². The van der Waals surface area contributed by atoms with Gasteiger partial charge in [-0.15, -0.1) is 6.42 Å². The van der Waals surface area contributed by atoms with Crippen LogP contribution in [-0.2, 0) is 4.79 Å². The fourth-order valence-electron chi connectivity index (χ4n) is 1.93. The van der Waals surface area contributed by atoms with Crippen LogP contribution in [0.2, 0.25) is 0 Å². The molecule has 1 aromatic rings. The van der Waals surface area contributed by atoms with Crippen LogP contribution in [0.1, 0.15) is 18.1 Å². The van der Waals surface area contributed by atoms with Gasteiger partial charge in [0.15, 0.2) is 0 Å². The number of terminal acetylenes is 1. The highest BCUT2D eigenvalue weighted by atomic mass is 16.4. The molecule has 0 saturated carbocycles. The van der Waals surface area contributed by atoms with Crippen molar-refractivity contribution < 1.29 is 9.90 Å². The Hall–Kier alpha value is -1.95. The lowest BCUT2D eigenvalue weighted by Crippen LogP contribution is -2.32. The van der Waals surface area contributed by atoms with Crippen LogP contribution < -0.4 is 4.90 Å². The number of carboxylic acids is 1. The third-order valence-electron chi connectivity index (χ3n) is 2.89. The molecule has 0 aliphatic rings. The zero-order valence-corrected chi connectivity index (χ0v) is 11.1. The van der Waals surface area contributed by atoms with Crippen LogP contribution in [0.3, 0.4) is 0 Å². The van der Waals surface area contributed by atoms with Gasteiger partial charge in [-0.2, -0.15) is 0 Å². The maximum atomic E-state index is 10.9. The number of aryl methyl sites for hydroxylation is 2. The summed E-state index contributed by atoms with van der Waals surface area (Å²) in [7, 11) is 0. The minimum atomic E-state index is -0.804. The number of nitrogens with zero attached hydrogens (tertiary/aromatic N) is 1. The lowest BCUT2D eigenvalue weighted by molar-refractivity contribution is -0.140. The van der Waals surface area contributed by atoms with Gasteiger partial charge < -0.3 is 10.0 Å². The molecule has 18 heavy (non-hydrogen) atoms. The third kappa shape index (κ3) is 3.53. The van der Waals surface area contributed by atoms with Crippen molar-refractivity contribution in [3.8, 4) is 12.3 Å². The summed E-state index contributed by atoms with van der Waals surface area (Å²) in [5.41, 5.74) is 3.30. The molecule has 3 nitrogen and oxygen atoms in total. The monoisotopic (exact) mass is 245 g/mol. The predicted octanol–water partition coefficient (Wildman–Crippen LogP) is 2.46. The zero-order chi connectivity index (χ0) is 13.7. The Morgan fingerprint density at radius 3 is 2.67 bits per heavy atom. The maximum Gasteiger partial charge on any atom is 0.308 e. The van der Waals surface area contributed by atoms with Gasteiger partial charge >= 0.3 is 5.97 Å². The van der Waals surface area contributed by atoms with E-state index in [9.17, 15) is 4.79 Å². The van der Waals surface area contributed by atoms with Gasteiger partial charge in [-0.25, -0.2) is 0 Å². The summed E-state index contributed by atoms with van der Waals surface area (Å²) >= 11 is 0. The van der Waals surface area contributed by atoms with Gasteiger partial charge in [0.1, 0.15) is 0 Å². The van der Waals surface area contributed by atoms with Crippen LogP contribution in [0.15, 0.2) is 18.2 Å². The molecule has 1 aromatic carbocycles. The second-order valence-corrected chi connectivity index (χ2v) is 4.61. The summed E-state index contributed by atoms with van der Waals surface area (Å²) in [5, 5.41) is 8.98. The maximum absolute atomic E-state index is 10.9. The lowest BCUT2D eigenvalue weighted by atomic mass is 10.1. The molecule has 1 atom stereocenters. The van der Waals surface area contributed by atoms with Gasteiger partial charge in [0.05, 0.1) is 12.5 Å². The molecule has 1 unspecified atom stereocenters. The number of anilines is 1. The highest BCUT2D eigenvalue weighted by Gasteiger charge is 2.17. The summed E-state index contributed by atoms with van der Waals surface area (Å²) in [5.74, 6) is 1.34. The number of hydrogen-bond donors (Lipinski definition) is 1.